The molecule has 0 unspecified atom stereocenters. The third-order valence-corrected chi connectivity index (χ3v) is 3.66. The van der Waals surface area contributed by atoms with Crippen LogP contribution in [0.3, 0.4) is 0 Å². The van der Waals surface area contributed by atoms with Crippen molar-refractivity contribution in [1.82, 2.24) is 9.38 Å². The maximum Gasteiger partial charge on any atom is 0.193 e. The molecule has 0 aliphatic carbocycles. The van der Waals surface area contributed by atoms with E-state index < -0.39 is 11.6 Å². The Morgan fingerprint density at radius 2 is 2.16 bits per heavy atom. The minimum atomic E-state index is -0.838. The first kappa shape index (κ1) is 12.1. The van der Waals surface area contributed by atoms with E-state index in [1.54, 1.807) is 17.4 Å². The van der Waals surface area contributed by atoms with Crippen molar-refractivity contribution in [1.29, 1.82) is 0 Å². The molecule has 0 aliphatic heterocycles. The number of imidazole rings is 1. The summed E-state index contributed by atoms with van der Waals surface area (Å²) in [7, 11) is 1.82. The van der Waals surface area contributed by atoms with Crippen LogP contribution >= 0.6 is 11.3 Å². The van der Waals surface area contributed by atoms with Crippen molar-refractivity contribution in [2.75, 3.05) is 11.9 Å². The average Bonchev–Trinajstić information content (AvgIpc) is 2.93. The minimum Gasteiger partial charge on any atom is -0.369 e. The molecule has 0 saturated heterocycles. The van der Waals surface area contributed by atoms with Gasteiger partial charge in [-0.05, 0) is 12.1 Å². The van der Waals surface area contributed by atoms with Gasteiger partial charge in [0.2, 0.25) is 0 Å². The Hall–Kier alpha value is -1.95. The number of halogens is 2. The number of hydrogen-bond donors (Lipinski definition) is 0. The first-order chi connectivity index (χ1) is 9.13. The largest absolute Gasteiger partial charge is 0.369 e. The Labute approximate surface area is 112 Å². The van der Waals surface area contributed by atoms with Crippen LogP contribution < -0.4 is 4.90 Å². The van der Waals surface area contributed by atoms with Gasteiger partial charge < -0.3 is 4.90 Å². The van der Waals surface area contributed by atoms with E-state index in [2.05, 4.69) is 4.98 Å². The van der Waals surface area contributed by atoms with Gasteiger partial charge in [-0.25, -0.2) is 13.8 Å². The van der Waals surface area contributed by atoms with Crippen LogP contribution in [0.25, 0.3) is 4.96 Å². The molecular weight excluding hydrogens is 268 g/mol. The van der Waals surface area contributed by atoms with E-state index in [-0.39, 0.29) is 0 Å². The monoisotopic (exact) mass is 279 g/mol. The van der Waals surface area contributed by atoms with Crippen LogP contribution in [0, 0.1) is 11.6 Å². The van der Waals surface area contributed by atoms with Crippen LogP contribution in [0.4, 0.5) is 14.5 Å². The first-order valence-corrected chi connectivity index (χ1v) is 6.59. The maximum atomic E-state index is 13.2. The van der Waals surface area contributed by atoms with E-state index in [1.807, 2.05) is 34.1 Å². The van der Waals surface area contributed by atoms with Crippen molar-refractivity contribution >= 4 is 22.0 Å². The highest BCUT2D eigenvalue weighted by Gasteiger charge is 2.09. The van der Waals surface area contributed by atoms with Gasteiger partial charge in [0.15, 0.2) is 16.6 Å². The predicted octanol–water partition coefficient (Wildman–Crippen LogP) is 3.31. The third kappa shape index (κ3) is 2.31. The molecule has 3 nitrogen and oxygen atoms in total. The normalized spacial score (nSPS) is 11.1. The molecule has 19 heavy (non-hydrogen) atoms. The van der Waals surface area contributed by atoms with Crippen molar-refractivity contribution < 1.29 is 8.78 Å². The number of thiazole rings is 1. The molecule has 3 aromatic rings. The molecule has 0 bridgehead atoms. The molecule has 0 spiro atoms. The summed E-state index contributed by atoms with van der Waals surface area (Å²) in [6.07, 6.45) is 3.87. The fraction of sp³-hybridized carbons (Fsp3) is 0.154. The number of hydrogen-bond acceptors (Lipinski definition) is 3. The molecule has 0 N–H and O–H groups in total. The van der Waals surface area contributed by atoms with E-state index in [4.69, 9.17) is 0 Å². The summed E-state index contributed by atoms with van der Waals surface area (Å²) in [5.74, 6) is -1.67. The molecule has 0 radical (unpaired) electrons. The zero-order chi connectivity index (χ0) is 13.4. The lowest BCUT2D eigenvalue weighted by atomic mass is 10.2. The van der Waals surface area contributed by atoms with Crippen molar-refractivity contribution in [2.45, 2.75) is 6.54 Å². The zero-order valence-corrected chi connectivity index (χ0v) is 11.0. The number of benzene rings is 1. The quantitative estimate of drug-likeness (QED) is 0.733. The van der Waals surface area contributed by atoms with Gasteiger partial charge in [0.1, 0.15) is 0 Å². The van der Waals surface area contributed by atoms with Crippen LogP contribution in [0.5, 0.6) is 0 Å². The van der Waals surface area contributed by atoms with Gasteiger partial charge >= 0.3 is 0 Å². The molecule has 2 heterocycles. The topological polar surface area (TPSA) is 20.5 Å². The maximum absolute atomic E-state index is 13.2. The number of fused-ring (bicyclic) bond motifs is 1. The third-order valence-electron chi connectivity index (χ3n) is 2.89. The summed E-state index contributed by atoms with van der Waals surface area (Å²) in [5, 5.41) is 1.96. The molecule has 1 aromatic carbocycles. The number of nitrogens with zero attached hydrogens (tertiary/aromatic N) is 3. The van der Waals surface area contributed by atoms with Gasteiger partial charge in [0, 0.05) is 36.6 Å². The van der Waals surface area contributed by atoms with Crippen molar-refractivity contribution in [3.05, 3.63) is 53.3 Å². The van der Waals surface area contributed by atoms with E-state index in [0.29, 0.717) is 12.2 Å². The second-order valence-electron chi connectivity index (χ2n) is 4.28. The Balaban J connectivity index is 1.82. The average molecular weight is 279 g/mol. The lowest BCUT2D eigenvalue weighted by Crippen LogP contribution is -2.16. The smallest absolute Gasteiger partial charge is 0.193 e. The summed E-state index contributed by atoms with van der Waals surface area (Å²) in [6.45, 7) is 0.541. The van der Waals surface area contributed by atoms with Gasteiger partial charge in [-0.3, -0.25) is 4.40 Å². The van der Waals surface area contributed by atoms with Gasteiger partial charge in [-0.15, -0.1) is 11.3 Å². The van der Waals surface area contributed by atoms with Crippen LogP contribution in [0.2, 0.25) is 0 Å². The van der Waals surface area contributed by atoms with Gasteiger partial charge in [0.05, 0.1) is 12.2 Å². The number of anilines is 1. The summed E-state index contributed by atoms with van der Waals surface area (Å²) >= 11 is 1.56. The van der Waals surface area contributed by atoms with Crippen LogP contribution in [0.15, 0.2) is 36.0 Å². The van der Waals surface area contributed by atoms with E-state index in [0.717, 1.165) is 16.7 Å². The Bertz CT molecular complexity index is 691. The molecule has 0 amide bonds. The van der Waals surface area contributed by atoms with Crippen molar-refractivity contribution in [3.8, 4) is 0 Å². The molecule has 0 aliphatic rings. The zero-order valence-electron chi connectivity index (χ0n) is 10.2. The minimum absolute atomic E-state index is 0.541. The Morgan fingerprint density at radius 3 is 2.89 bits per heavy atom. The second kappa shape index (κ2) is 4.62. The molecular formula is C13H11F2N3S. The van der Waals surface area contributed by atoms with Gasteiger partial charge in [0.25, 0.3) is 0 Å². The molecule has 0 fully saturated rings. The molecule has 0 atom stereocenters. The first-order valence-electron chi connectivity index (χ1n) is 5.71. The molecule has 3 rings (SSSR count). The Morgan fingerprint density at radius 1 is 1.32 bits per heavy atom. The molecule has 98 valence electrons. The lowest BCUT2D eigenvalue weighted by molar-refractivity contribution is 0.508. The van der Waals surface area contributed by atoms with Crippen molar-refractivity contribution in [3.63, 3.8) is 0 Å². The number of rotatable bonds is 3. The van der Waals surface area contributed by atoms with E-state index in [1.165, 1.54) is 6.07 Å². The van der Waals surface area contributed by atoms with Gasteiger partial charge in [-0.2, -0.15) is 0 Å². The summed E-state index contributed by atoms with van der Waals surface area (Å²) < 4.78 is 28.0. The second-order valence-corrected chi connectivity index (χ2v) is 5.15. The summed E-state index contributed by atoms with van der Waals surface area (Å²) in [6, 6.07) is 3.87. The molecule has 6 heteroatoms. The predicted molar refractivity (Wildman–Crippen MR) is 71.5 cm³/mol. The van der Waals surface area contributed by atoms with Crippen LogP contribution in [-0.2, 0) is 6.54 Å². The standard InChI is InChI=1S/C13H11F2N3S/c1-17(10-2-3-11(14)12(15)6-10)7-9-8-18-4-5-19-13(18)16-9/h2-6,8H,7H2,1H3. The Kier molecular flexibility index (Phi) is 2.94. The highest BCUT2D eigenvalue weighted by Crippen LogP contribution is 2.19. The fourth-order valence-corrected chi connectivity index (χ4v) is 2.63. The highest BCUT2D eigenvalue weighted by atomic mass is 32.1. The van der Waals surface area contributed by atoms with Crippen LogP contribution in [0.1, 0.15) is 5.69 Å². The highest BCUT2D eigenvalue weighted by molar-refractivity contribution is 7.15. The lowest BCUT2D eigenvalue weighted by Gasteiger charge is -2.18. The van der Waals surface area contributed by atoms with Gasteiger partial charge in [-0.1, -0.05) is 0 Å². The van der Waals surface area contributed by atoms with E-state index in [9.17, 15) is 8.78 Å². The molecule has 2 aromatic heterocycles. The number of aromatic nitrogens is 2. The van der Waals surface area contributed by atoms with E-state index >= 15 is 0 Å². The summed E-state index contributed by atoms with van der Waals surface area (Å²) in [4.78, 5) is 7.20. The van der Waals surface area contributed by atoms with Crippen molar-refractivity contribution in [2.24, 2.45) is 0 Å². The SMILES string of the molecule is CN(Cc1cn2ccsc2n1)c1ccc(F)c(F)c1. The summed E-state index contributed by atoms with van der Waals surface area (Å²) in [5.41, 5.74) is 1.51. The fourth-order valence-electron chi connectivity index (χ4n) is 1.91. The molecule has 0 saturated carbocycles. The van der Waals surface area contributed by atoms with Crippen LogP contribution in [-0.4, -0.2) is 16.4 Å².